The smallest absolute Gasteiger partial charge is 0.165 e. The third-order valence-corrected chi connectivity index (χ3v) is 2.33. The van der Waals surface area contributed by atoms with E-state index in [1.807, 2.05) is 6.92 Å². The summed E-state index contributed by atoms with van der Waals surface area (Å²) in [6.07, 6.45) is -0.0883. The minimum atomic E-state index is -0.478. The fraction of sp³-hybridized carbons (Fsp3) is 0.364. The van der Waals surface area contributed by atoms with E-state index in [0.717, 1.165) is 0 Å². The van der Waals surface area contributed by atoms with E-state index in [-0.39, 0.29) is 16.8 Å². The molecule has 1 rings (SSSR count). The zero-order valence-corrected chi connectivity index (χ0v) is 10.0. The summed E-state index contributed by atoms with van der Waals surface area (Å²) in [5.41, 5.74) is 5.87. The van der Waals surface area contributed by atoms with Gasteiger partial charge in [0.1, 0.15) is 11.6 Å². The van der Waals surface area contributed by atoms with E-state index >= 15 is 0 Å². The predicted octanol–water partition coefficient (Wildman–Crippen LogP) is 1.87. The Morgan fingerprint density at radius 3 is 2.75 bits per heavy atom. The molecule has 1 atom stereocenters. The summed E-state index contributed by atoms with van der Waals surface area (Å²) in [7, 11) is 1.57. The number of ether oxygens (including phenoxy) is 2. The van der Waals surface area contributed by atoms with Gasteiger partial charge in [0.25, 0.3) is 0 Å². The molecule has 88 valence electrons. The maximum absolute atomic E-state index is 13.5. The van der Waals surface area contributed by atoms with Crippen LogP contribution in [0, 0.1) is 5.82 Å². The molecule has 1 aromatic rings. The van der Waals surface area contributed by atoms with Gasteiger partial charge in [0.15, 0.2) is 11.6 Å². The molecule has 0 saturated heterocycles. The molecule has 0 aliphatic heterocycles. The molecule has 5 heteroatoms. The number of rotatable bonds is 5. The molecule has 0 heterocycles. The quantitative estimate of drug-likeness (QED) is 0.802. The van der Waals surface area contributed by atoms with Crippen LogP contribution in [-0.2, 0) is 4.74 Å². The van der Waals surface area contributed by atoms with Crippen molar-refractivity contribution in [3.05, 3.63) is 29.6 Å². The van der Waals surface area contributed by atoms with Crippen LogP contribution in [0.25, 0.3) is 0 Å². The van der Waals surface area contributed by atoms with Crippen molar-refractivity contribution in [3.63, 3.8) is 0 Å². The molecule has 0 aromatic heterocycles. The zero-order chi connectivity index (χ0) is 12.1. The Hall–Kier alpha value is -1.20. The topological polar surface area (TPSA) is 44.5 Å². The Morgan fingerprint density at radius 2 is 2.25 bits per heavy atom. The highest BCUT2D eigenvalue weighted by Gasteiger charge is 2.08. The molecule has 0 fully saturated rings. The van der Waals surface area contributed by atoms with Crippen LogP contribution in [0.5, 0.6) is 5.75 Å². The molecule has 0 spiro atoms. The van der Waals surface area contributed by atoms with Gasteiger partial charge in [0.2, 0.25) is 0 Å². The first-order chi connectivity index (χ1) is 7.54. The van der Waals surface area contributed by atoms with Gasteiger partial charge in [-0.15, -0.1) is 0 Å². The molecule has 0 amide bonds. The molecule has 2 N–H and O–H groups in total. The van der Waals surface area contributed by atoms with Crippen molar-refractivity contribution in [1.82, 2.24) is 0 Å². The zero-order valence-electron chi connectivity index (χ0n) is 9.20. The normalized spacial score (nSPS) is 12.2. The largest absolute Gasteiger partial charge is 0.488 e. The maximum atomic E-state index is 13.5. The van der Waals surface area contributed by atoms with Crippen molar-refractivity contribution in [2.75, 3.05) is 13.7 Å². The van der Waals surface area contributed by atoms with E-state index in [4.69, 9.17) is 27.4 Å². The van der Waals surface area contributed by atoms with Crippen molar-refractivity contribution < 1.29 is 13.9 Å². The second-order valence-corrected chi connectivity index (χ2v) is 3.81. The highest BCUT2D eigenvalue weighted by molar-refractivity contribution is 7.80. The van der Waals surface area contributed by atoms with Gasteiger partial charge in [0, 0.05) is 12.7 Å². The second kappa shape index (κ2) is 5.77. The fourth-order valence-electron chi connectivity index (χ4n) is 1.05. The van der Waals surface area contributed by atoms with Crippen LogP contribution in [-0.4, -0.2) is 24.8 Å². The number of nitrogens with two attached hydrogens (primary N) is 1. The van der Waals surface area contributed by atoms with Gasteiger partial charge in [-0.3, -0.25) is 0 Å². The number of hydrogen-bond donors (Lipinski definition) is 1. The van der Waals surface area contributed by atoms with Crippen molar-refractivity contribution in [2.45, 2.75) is 13.0 Å². The lowest BCUT2D eigenvalue weighted by Crippen LogP contribution is -2.16. The Labute approximate surface area is 99.3 Å². The van der Waals surface area contributed by atoms with Crippen molar-refractivity contribution in [1.29, 1.82) is 0 Å². The summed E-state index contributed by atoms with van der Waals surface area (Å²) in [6, 6.07) is 4.39. The number of halogens is 1. The van der Waals surface area contributed by atoms with Gasteiger partial charge in [-0.05, 0) is 25.1 Å². The molecule has 0 bridgehead atoms. The first kappa shape index (κ1) is 12.9. The lowest BCUT2D eigenvalue weighted by molar-refractivity contribution is 0.0702. The van der Waals surface area contributed by atoms with Gasteiger partial charge < -0.3 is 15.2 Å². The van der Waals surface area contributed by atoms with Crippen molar-refractivity contribution >= 4 is 17.2 Å². The average Bonchev–Trinajstić information content (AvgIpc) is 2.26. The van der Waals surface area contributed by atoms with E-state index in [2.05, 4.69) is 0 Å². The molecular weight excluding hydrogens is 229 g/mol. The molecule has 1 aromatic carbocycles. The molecule has 0 aliphatic rings. The second-order valence-electron chi connectivity index (χ2n) is 3.37. The third-order valence-electron chi connectivity index (χ3n) is 2.09. The summed E-state index contributed by atoms with van der Waals surface area (Å²) in [5, 5.41) is 0. The van der Waals surface area contributed by atoms with Gasteiger partial charge in [-0.25, -0.2) is 4.39 Å². The molecule has 1 unspecified atom stereocenters. The first-order valence-corrected chi connectivity index (χ1v) is 5.20. The van der Waals surface area contributed by atoms with Gasteiger partial charge in [-0.1, -0.05) is 12.2 Å². The first-order valence-electron chi connectivity index (χ1n) is 4.79. The lowest BCUT2D eigenvalue weighted by atomic mass is 10.2. The van der Waals surface area contributed by atoms with Crippen LogP contribution in [0.1, 0.15) is 12.5 Å². The molecule has 3 nitrogen and oxygen atoms in total. The van der Waals surface area contributed by atoms with Crippen LogP contribution in [0.2, 0.25) is 0 Å². The Balaban J connectivity index is 2.72. The summed E-state index contributed by atoms with van der Waals surface area (Å²) >= 11 is 4.74. The molecule has 0 saturated carbocycles. The summed E-state index contributed by atoms with van der Waals surface area (Å²) in [6.45, 7) is 2.13. The van der Waals surface area contributed by atoms with Gasteiger partial charge >= 0.3 is 0 Å². The van der Waals surface area contributed by atoms with Crippen molar-refractivity contribution in [2.24, 2.45) is 5.73 Å². The van der Waals surface area contributed by atoms with E-state index in [1.165, 1.54) is 12.1 Å². The van der Waals surface area contributed by atoms with Crippen LogP contribution in [0.3, 0.4) is 0 Å². The van der Waals surface area contributed by atoms with Crippen LogP contribution < -0.4 is 10.5 Å². The predicted molar refractivity (Wildman–Crippen MR) is 64.3 cm³/mol. The Morgan fingerprint density at radius 1 is 1.56 bits per heavy atom. The summed E-state index contributed by atoms with van der Waals surface area (Å²) in [4.78, 5) is 0.163. The van der Waals surface area contributed by atoms with E-state index in [1.54, 1.807) is 13.2 Å². The molecule has 0 radical (unpaired) electrons. The van der Waals surface area contributed by atoms with Gasteiger partial charge in [-0.2, -0.15) is 0 Å². The van der Waals surface area contributed by atoms with Crippen LogP contribution in [0.15, 0.2) is 18.2 Å². The highest BCUT2D eigenvalue weighted by atomic mass is 32.1. The molecular formula is C11H14FNO2S. The molecule has 0 aliphatic carbocycles. The van der Waals surface area contributed by atoms with Crippen LogP contribution >= 0.6 is 12.2 Å². The minimum Gasteiger partial charge on any atom is -0.488 e. The lowest BCUT2D eigenvalue weighted by Gasteiger charge is -2.12. The third kappa shape index (κ3) is 3.43. The summed E-state index contributed by atoms with van der Waals surface area (Å²) < 4.78 is 23.7. The number of thiocarbonyl (C=S) groups is 1. The standard InChI is InChI=1S/C11H14FNO2S/c1-7(14-2)6-15-10-4-3-8(11(13)16)5-9(10)12/h3-5,7H,6H2,1-2H3,(H2,13,16). The monoisotopic (exact) mass is 243 g/mol. The number of methoxy groups -OCH3 is 1. The SMILES string of the molecule is COC(C)COc1ccc(C(N)=S)cc1F. The van der Waals surface area contributed by atoms with E-state index in [9.17, 15) is 4.39 Å². The number of hydrogen-bond acceptors (Lipinski definition) is 3. The van der Waals surface area contributed by atoms with Crippen LogP contribution in [0.4, 0.5) is 4.39 Å². The van der Waals surface area contributed by atoms with E-state index in [0.29, 0.717) is 12.2 Å². The van der Waals surface area contributed by atoms with Gasteiger partial charge in [0.05, 0.1) is 6.10 Å². The average molecular weight is 243 g/mol. The summed E-state index contributed by atoms with van der Waals surface area (Å²) in [5.74, 6) is -0.308. The molecule has 16 heavy (non-hydrogen) atoms. The Kier molecular flexibility index (Phi) is 4.64. The fourth-order valence-corrected chi connectivity index (χ4v) is 1.17. The number of benzene rings is 1. The Bertz CT molecular complexity index is 384. The maximum Gasteiger partial charge on any atom is 0.165 e. The highest BCUT2D eigenvalue weighted by Crippen LogP contribution is 2.18. The van der Waals surface area contributed by atoms with Crippen molar-refractivity contribution in [3.8, 4) is 5.75 Å². The van der Waals surface area contributed by atoms with E-state index < -0.39 is 5.82 Å². The minimum absolute atomic E-state index is 0.0883.